The van der Waals surface area contributed by atoms with E-state index in [1.54, 1.807) is 13.2 Å². The summed E-state index contributed by atoms with van der Waals surface area (Å²) in [5, 5.41) is 3.74. The van der Waals surface area contributed by atoms with E-state index in [2.05, 4.69) is 5.16 Å². The van der Waals surface area contributed by atoms with Crippen LogP contribution in [0.5, 0.6) is 11.6 Å². The van der Waals surface area contributed by atoms with Crippen molar-refractivity contribution >= 4 is 0 Å². The molecular weight excluding hydrogens is 206 g/mol. The fourth-order valence-electron chi connectivity index (χ4n) is 1.29. The van der Waals surface area contributed by atoms with E-state index in [-0.39, 0.29) is 0 Å². The van der Waals surface area contributed by atoms with Crippen LogP contribution in [0.1, 0.15) is 11.3 Å². The van der Waals surface area contributed by atoms with Crippen molar-refractivity contribution in [3.8, 4) is 11.6 Å². The van der Waals surface area contributed by atoms with Crippen LogP contribution in [0.25, 0.3) is 0 Å². The van der Waals surface area contributed by atoms with E-state index in [0.29, 0.717) is 12.5 Å². The van der Waals surface area contributed by atoms with Crippen LogP contribution in [-0.4, -0.2) is 12.3 Å². The van der Waals surface area contributed by atoms with Crippen LogP contribution in [0.3, 0.4) is 0 Å². The van der Waals surface area contributed by atoms with Gasteiger partial charge in [-0.05, 0) is 29.8 Å². The topological polar surface area (TPSA) is 44.5 Å². The molecule has 2 aromatic rings. The zero-order valence-electron chi connectivity index (χ0n) is 9.27. The minimum atomic E-state index is 0.468. The summed E-state index contributed by atoms with van der Waals surface area (Å²) in [6, 6.07) is 9.44. The Morgan fingerprint density at radius 2 is 2.00 bits per heavy atom. The largest absolute Gasteiger partial charge is 0.497 e. The molecule has 0 aliphatic rings. The summed E-state index contributed by atoms with van der Waals surface area (Å²) in [6.07, 6.45) is 0. The van der Waals surface area contributed by atoms with Gasteiger partial charge in [-0.25, -0.2) is 0 Å². The van der Waals surface area contributed by atoms with Crippen molar-refractivity contribution < 1.29 is 14.0 Å². The zero-order chi connectivity index (χ0) is 11.4. The first kappa shape index (κ1) is 10.5. The Morgan fingerprint density at radius 3 is 2.56 bits per heavy atom. The number of hydrogen-bond donors (Lipinski definition) is 0. The first-order valence-corrected chi connectivity index (χ1v) is 4.97. The van der Waals surface area contributed by atoms with Gasteiger partial charge >= 0.3 is 0 Å². The molecule has 16 heavy (non-hydrogen) atoms. The van der Waals surface area contributed by atoms with Crippen LogP contribution in [0, 0.1) is 6.92 Å². The number of ether oxygens (including phenoxy) is 2. The Balaban J connectivity index is 1.94. The van der Waals surface area contributed by atoms with E-state index in [1.807, 2.05) is 31.2 Å². The molecule has 1 heterocycles. The maximum Gasteiger partial charge on any atom is 0.254 e. The molecule has 0 N–H and O–H groups in total. The van der Waals surface area contributed by atoms with Gasteiger partial charge in [-0.1, -0.05) is 12.1 Å². The molecule has 1 aromatic heterocycles. The summed E-state index contributed by atoms with van der Waals surface area (Å²) < 4.78 is 15.4. The van der Waals surface area contributed by atoms with Gasteiger partial charge in [0.2, 0.25) is 0 Å². The highest BCUT2D eigenvalue weighted by atomic mass is 16.5. The number of rotatable bonds is 4. The quantitative estimate of drug-likeness (QED) is 0.792. The summed E-state index contributed by atoms with van der Waals surface area (Å²) in [5.41, 5.74) is 1.06. The maximum absolute atomic E-state index is 5.44. The third-order valence-electron chi connectivity index (χ3n) is 2.15. The molecule has 0 radical (unpaired) electrons. The average Bonchev–Trinajstić information content (AvgIpc) is 2.73. The molecule has 4 nitrogen and oxygen atoms in total. The lowest BCUT2D eigenvalue weighted by Crippen LogP contribution is -1.95. The number of methoxy groups -OCH3 is 1. The second-order valence-electron chi connectivity index (χ2n) is 3.41. The number of benzene rings is 1. The fourth-order valence-corrected chi connectivity index (χ4v) is 1.29. The highest BCUT2D eigenvalue weighted by molar-refractivity contribution is 5.27. The van der Waals surface area contributed by atoms with Crippen LogP contribution in [0.4, 0.5) is 0 Å². The molecule has 2 rings (SSSR count). The molecule has 0 saturated carbocycles. The Morgan fingerprint density at radius 1 is 1.25 bits per heavy atom. The predicted molar refractivity (Wildman–Crippen MR) is 58.6 cm³/mol. The third-order valence-corrected chi connectivity index (χ3v) is 2.15. The summed E-state index contributed by atoms with van der Waals surface area (Å²) in [4.78, 5) is 0. The highest BCUT2D eigenvalue weighted by Gasteiger charge is 2.01. The van der Waals surface area contributed by atoms with E-state index >= 15 is 0 Å². The first-order valence-electron chi connectivity index (χ1n) is 4.97. The van der Waals surface area contributed by atoms with Gasteiger partial charge in [0.1, 0.15) is 18.1 Å². The summed E-state index contributed by atoms with van der Waals surface area (Å²) >= 11 is 0. The monoisotopic (exact) mass is 219 g/mol. The van der Waals surface area contributed by atoms with Gasteiger partial charge in [0.15, 0.2) is 0 Å². The minimum Gasteiger partial charge on any atom is -0.497 e. The molecule has 1 aromatic carbocycles. The molecule has 0 saturated heterocycles. The molecule has 0 fully saturated rings. The predicted octanol–water partition coefficient (Wildman–Crippen LogP) is 2.57. The van der Waals surface area contributed by atoms with Gasteiger partial charge in [0, 0.05) is 6.07 Å². The van der Waals surface area contributed by atoms with Gasteiger partial charge in [-0.2, -0.15) is 0 Å². The van der Waals surface area contributed by atoms with Crippen molar-refractivity contribution in [1.82, 2.24) is 5.16 Å². The Bertz CT molecular complexity index is 448. The lowest BCUT2D eigenvalue weighted by molar-refractivity contribution is 0.267. The zero-order valence-corrected chi connectivity index (χ0v) is 9.27. The first-order chi connectivity index (χ1) is 7.78. The molecule has 0 spiro atoms. The fraction of sp³-hybridized carbons (Fsp3) is 0.250. The normalized spacial score (nSPS) is 10.1. The molecule has 84 valence electrons. The molecule has 0 bridgehead atoms. The van der Waals surface area contributed by atoms with Crippen molar-refractivity contribution in [3.05, 3.63) is 41.7 Å². The SMILES string of the molecule is COc1ccc(COc2cc(C)on2)cc1. The minimum absolute atomic E-state index is 0.468. The van der Waals surface area contributed by atoms with Crippen molar-refractivity contribution in [2.45, 2.75) is 13.5 Å². The van der Waals surface area contributed by atoms with E-state index in [9.17, 15) is 0 Å². The average molecular weight is 219 g/mol. The van der Waals surface area contributed by atoms with Gasteiger partial charge in [-0.3, -0.25) is 0 Å². The van der Waals surface area contributed by atoms with E-state index in [4.69, 9.17) is 14.0 Å². The molecule has 0 aliphatic carbocycles. The van der Waals surface area contributed by atoms with Crippen LogP contribution in [-0.2, 0) is 6.61 Å². The summed E-state index contributed by atoms with van der Waals surface area (Å²) in [7, 11) is 1.64. The van der Waals surface area contributed by atoms with Gasteiger partial charge in [0.25, 0.3) is 5.88 Å². The van der Waals surface area contributed by atoms with Crippen LogP contribution in [0.15, 0.2) is 34.9 Å². The second kappa shape index (κ2) is 4.70. The van der Waals surface area contributed by atoms with Crippen LogP contribution in [0.2, 0.25) is 0 Å². The van der Waals surface area contributed by atoms with Crippen molar-refractivity contribution in [3.63, 3.8) is 0 Å². The van der Waals surface area contributed by atoms with Crippen molar-refractivity contribution in [1.29, 1.82) is 0 Å². The third kappa shape index (κ3) is 2.53. The lowest BCUT2D eigenvalue weighted by Gasteiger charge is -2.03. The van der Waals surface area contributed by atoms with Gasteiger partial charge in [-0.15, -0.1) is 0 Å². The van der Waals surface area contributed by atoms with Gasteiger partial charge in [0.05, 0.1) is 7.11 Å². The molecule has 0 unspecified atom stereocenters. The number of aromatic nitrogens is 1. The highest BCUT2D eigenvalue weighted by Crippen LogP contribution is 2.15. The van der Waals surface area contributed by atoms with E-state index < -0.39 is 0 Å². The lowest BCUT2D eigenvalue weighted by atomic mass is 10.2. The van der Waals surface area contributed by atoms with E-state index in [1.165, 1.54) is 0 Å². The maximum atomic E-state index is 5.44. The Hall–Kier alpha value is -1.97. The molecule has 4 heteroatoms. The van der Waals surface area contributed by atoms with E-state index in [0.717, 1.165) is 17.1 Å². The summed E-state index contributed by atoms with van der Waals surface area (Å²) in [6.45, 7) is 2.29. The van der Waals surface area contributed by atoms with Gasteiger partial charge < -0.3 is 14.0 Å². The number of hydrogen-bond acceptors (Lipinski definition) is 4. The molecule has 0 aliphatic heterocycles. The van der Waals surface area contributed by atoms with Crippen LogP contribution < -0.4 is 9.47 Å². The van der Waals surface area contributed by atoms with Crippen molar-refractivity contribution in [2.75, 3.05) is 7.11 Å². The number of aryl methyl sites for hydroxylation is 1. The molecular formula is C12H13NO3. The Labute approximate surface area is 93.8 Å². The summed E-state index contributed by atoms with van der Waals surface area (Å²) in [5.74, 6) is 2.08. The molecule has 0 atom stereocenters. The standard InChI is InChI=1S/C12H13NO3/c1-9-7-12(13-16-9)15-8-10-3-5-11(14-2)6-4-10/h3-7H,8H2,1-2H3. The van der Waals surface area contributed by atoms with Crippen molar-refractivity contribution in [2.24, 2.45) is 0 Å². The molecule has 0 amide bonds. The smallest absolute Gasteiger partial charge is 0.254 e. The second-order valence-corrected chi connectivity index (χ2v) is 3.41. The van der Waals surface area contributed by atoms with Crippen LogP contribution >= 0.6 is 0 Å². The Kier molecular flexibility index (Phi) is 3.10. The number of nitrogens with zero attached hydrogens (tertiary/aromatic N) is 1.